The van der Waals surface area contributed by atoms with Gasteiger partial charge < -0.3 is 14.7 Å². The molecule has 2 aliphatic rings. The molecule has 1 aliphatic carbocycles. The minimum absolute atomic E-state index is 0.305. The zero-order valence-corrected chi connectivity index (χ0v) is 14.5. The number of nitrogens with one attached hydrogen (secondary N) is 1. The first-order valence-corrected chi connectivity index (χ1v) is 9.00. The molecule has 0 bridgehead atoms. The van der Waals surface area contributed by atoms with Crippen molar-refractivity contribution in [3.8, 4) is 0 Å². The van der Waals surface area contributed by atoms with Gasteiger partial charge in [-0.05, 0) is 56.8 Å². The topological polar surface area (TPSA) is 33.9 Å². The summed E-state index contributed by atoms with van der Waals surface area (Å²) in [4.78, 5) is 1.56. The Morgan fingerprint density at radius 2 is 2.00 bits per heavy atom. The molecule has 2 fully saturated rings. The molecule has 1 aliphatic heterocycles. The fourth-order valence-electron chi connectivity index (χ4n) is 4.55. The van der Waals surface area contributed by atoms with E-state index in [0.29, 0.717) is 24.2 Å². The second-order valence-electron chi connectivity index (χ2n) is 8.53. The molecule has 2 rings (SSSR count). The minimum atomic E-state index is -0.305. The second-order valence-corrected chi connectivity index (χ2v) is 8.53. The number of quaternary nitrogens is 1. The van der Waals surface area contributed by atoms with Crippen LogP contribution >= 0.6 is 0 Å². The first kappa shape index (κ1) is 17.2. The Morgan fingerprint density at radius 3 is 2.67 bits per heavy atom. The average Bonchev–Trinajstić information content (AvgIpc) is 2.37. The molecule has 2 N–H and O–H groups in total. The van der Waals surface area contributed by atoms with Crippen LogP contribution in [0.15, 0.2) is 0 Å². The van der Waals surface area contributed by atoms with Crippen LogP contribution in [0.2, 0.25) is 0 Å². The molecule has 5 atom stereocenters. The molecule has 3 nitrogen and oxygen atoms in total. The molecule has 124 valence electrons. The maximum Gasteiger partial charge on any atom is 0.126 e. The average molecular weight is 298 g/mol. The van der Waals surface area contributed by atoms with Crippen molar-refractivity contribution >= 4 is 0 Å². The summed E-state index contributed by atoms with van der Waals surface area (Å²) in [5.41, 5.74) is 0.389. The zero-order chi connectivity index (χ0) is 15.5. The smallest absolute Gasteiger partial charge is 0.126 e. The molecule has 1 unspecified atom stereocenters. The van der Waals surface area contributed by atoms with Crippen molar-refractivity contribution in [1.82, 2.24) is 0 Å². The number of piperidine rings is 1. The molecular weight excluding hydrogens is 262 g/mol. The van der Waals surface area contributed by atoms with Gasteiger partial charge in [-0.1, -0.05) is 20.8 Å². The van der Waals surface area contributed by atoms with Gasteiger partial charge in [0.1, 0.15) is 12.6 Å². The fourth-order valence-corrected chi connectivity index (χ4v) is 4.55. The lowest BCUT2D eigenvalue weighted by Crippen LogP contribution is -3.17. The van der Waals surface area contributed by atoms with Gasteiger partial charge >= 0.3 is 0 Å². The minimum Gasteiger partial charge on any atom is -0.385 e. The molecule has 0 radical (unpaired) electrons. The molecule has 1 saturated carbocycles. The first-order chi connectivity index (χ1) is 9.85. The summed E-state index contributed by atoms with van der Waals surface area (Å²) in [7, 11) is 0. The summed E-state index contributed by atoms with van der Waals surface area (Å²) < 4.78 is 6.06. The molecule has 0 amide bonds. The Hall–Kier alpha value is -0.120. The van der Waals surface area contributed by atoms with E-state index in [9.17, 15) is 5.11 Å². The molecule has 0 spiro atoms. The van der Waals surface area contributed by atoms with E-state index >= 15 is 0 Å². The molecule has 0 aromatic carbocycles. The van der Waals surface area contributed by atoms with Gasteiger partial charge in [0.15, 0.2) is 0 Å². The lowest BCUT2D eigenvalue weighted by Gasteiger charge is -2.39. The van der Waals surface area contributed by atoms with Crippen LogP contribution in [0.3, 0.4) is 0 Å². The summed E-state index contributed by atoms with van der Waals surface area (Å²) in [5, 5.41) is 10.3. The van der Waals surface area contributed by atoms with Gasteiger partial charge in [0, 0.05) is 0 Å². The van der Waals surface area contributed by atoms with Crippen LogP contribution in [-0.2, 0) is 4.74 Å². The van der Waals surface area contributed by atoms with Gasteiger partial charge in [0.05, 0.1) is 25.3 Å². The quantitative estimate of drug-likeness (QED) is 0.814. The number of ether oxygens (including phenoxy) is 1. The van der Waals surface area contributed by atoms with E-state index in [4.69, 9.17) is 4.74 Å². The lowest BCUT2D eigenvalue weighted by atomic mass is 9.71. The third kappa shape index (κ3) is 5.54. The van der Waals surface area contributed by atoms with Gasteiger partial charge in [-0.2, -0.15) is 0 Å². The van der Waals surface area contributed by atoms with Gasteiger partial charge in [-0.25, -0.2) is 0 Å². The molecule has 1 saturated heterocycles. The van der Waals surface area contributed by atoms with Gasteiger partial charge in [-0.3, -0.25) is 0 Å². The lowest BCUT2D eigenvalue weighted by molar-refractivity contribution is -0.931. The van der Waals surface area contributed by atoms with Crippen molar-refractivity contribution in [3.63, 3.8) is 0 Å². The van der Waals surface area contributed by atoms with E-state index in [1.54, 1.807) is 4.90 Å². The van der Waals surface area contributed by atoms with Crippen molar-refractivity contribution in [3.05, 3.63) is 0 Å². The van der Waals surface area contributed by atoms with E-state index < -0.39 is 0 Å². The number of hydrogen-bond donors (Lipinski definition) is 2. The second kappa shape index (κ2) is 7.43. The number of likely N-dealkylation sites (tertiary alicyclic amines) is 1. The summed E-state index contributed by atoms with van der Waals surface area (Å²) in [6.07, 6.45) is 7.59. The SMILES string of the molecule is C[C@H]1C[C@@H](OC[C@@H](O)C[NH+]2CCCC[C@H]2C)CC(C)(C)C1. The number of rotatable bonds is 5. The maximum absolute atomic E-state index is 10.3. The Kier molecular flexibility index (Phi) is 6.10. The van der Waals surface area contributed by atoms with Crippen molar-refractivity contribution in [2.24, 2.45) is 11.3 Å². The predicted octanol–water partition coefficient (Wildman–Crippen LogP) is 2.04. The molecule has 1 heterocycles. The molecule has 0 aromatic rings. The number of aliphatic hydroxyl groups is 1. The zero-order valence-electron chi connectivity index (χ0n) is 14.5. The highest BCUT2D eigenvalue weighted by atomic mass is 16.5. The van der Waals surface area contributed by atoms with Crippen LogP contribution in [0.25, 0.3) is 0 Å². The highest BCUT2D eigenvalue weighted by Crippen LogP contribution is 2.39. The Morgan fingerprint density at radius 1 is 1.24 bits per heavy atom. The maximum atomic E-state index is 10.3. The predicted molar refractivity (Wildman–Crippen MR) is 86.6 cm³/mol. The van der Waals surface area contributed by atoms with Gasteiger partial charge in [-0.15, -0.1) is 0 Å². The monoisotopic (exact) mass is 298 g/mol. The van der Waals surface area contributed by atoms with E-state index in [2.05, 4.69) is 27.7 Å². The third-order valence-corrected chi connectivity index (χ3v) is 5.45. The van der Waals surface area contributed by atoms with Crippen LogP contribution in [-0.4, -0.2) is 43.1 Å². The summed E-state index contributed by atoms with van der Waals surface area (Å²) in [6, 6.07) is 0.696. The van der Waals surface area contributed by atoms with Crippen molar-refractivity contribution < 1.29 is 14.7 Å². The standard InChI is InChI=1S/C18H35NO2/c1-14-9-17(11-18(3,4)10-14)21-13-16(20)12-19-8-6-5-7-15(19)2/h14-17,20H,5-13H2,1-4H3/p+1/t14-,15+,16-,17+/m0/s1. The Balaban J connectivity index is 1.72. The third-order valence-electron chi connectivity index (χ3n) is 5.45. The van der Waals surface area contributed by atoms with Crippen LogP contribution in [0.5, 0.6) is 0 Å². The first-order valence-electron chi connectivity index (χ1n) is 9.00. The molecule has 0 aromatic heterocycles. The summed E-state index contributed by atoms with van der Waals surface area (Å²) >= 11 is 0. The van der Waals surface area contributed by atoms with Crippen molar-refractivity contribution in [2.45, 2.75) is 84.5 Å². The number of aliphatic hydroxyl groups excluding tert-OH is 1. The fraction of sp³-hybridized carbons (Fsp3) is 1.00. The van der Waals surface area contributed by atoms with E-state index in [-0.39, 0.29) is 6.10 Å². The van der Waals surface area contributed by atoms with Crippen LogP contribution in [0.1, 0.15) is 66.2 Å². The summed E-state index contributed by atoms with van der Waals surface area (Å²) in [5.74, 6) is 0.739. The van der Waals surface area contributed by atoms with E-state index in [0.717, 1.165) is 25.3 Å². The van der Waals surface area contributed by atoms with Gasteiger partial charge in [0.25, 0.3) is 0 Å². The molecular formula is C18H36NO2+. The van der Waals surface area contributed by atoms with E-state index in [1.165, 1.54) is 32.2 Å². The van der Waals surface area contributed by atoms with Crippen LogP contribution in [0, 0.1) is 11.3 Å². The van der Waals surface area contributed by atoms with Gasteiger partial charge in [0.2, 0.25) is 0 Å². The molecule has 3 heteroatoms. The summed E-state index contributed by atoms with van der Waals surface area (Å²) in [6.45, 7) is 11.9. The van der Waals surface area contributed by atoms with Crippen LogP contribution < -0.4 is 4.90 Å². The van der Waals surface area contributed by atoms with E-state index in [1.807, 2.05) is 0 Å². The Bertz CT molecular complexity index is 318. The van der Waals surface area contributed by atoms with Crippen LogP contribution in [0.4, 0.5) is 0 Å². The molecule has 21 heavy (non-hydrogen) atoms. The number of hydrogen-bond acceptors (Lipinski definition) is 2. The highest BCUT2D eigenvalue weighted by Gasteiger charge is 2.33. The highest BCUT2D eigenvalue weighted by molar-refractivity contribution is 4.83. The Labute approximate surface area is 131 Å². The van der Waals surface area contributed by atoms with Crippen molar-refractivity contribution in [1.29, 1.82) is 0 Å². The van der Waals surface area contributed by atoms with Crippen molar-refractivity contribution in [2.75, 3.05) is 19.7 Å². The largest absolute Gasteiger partial charge is 0.385 e. The normalized spacial score (nSPS) is 38.1.